The summed E-state index contributed by atoms with van der Waals surface area (Å²) in [6.07, 6.45) is -2.53. The molecule has 0 bridgehead atoms. The van der Waals surface area contributed by atoms with Gasteiger partial charge < -0.3 is 10.1 Å². The van der Waals surface area contributed by atoms with Gasteiger partial charge in [-0.05, 0) is 17.7 Å². The van der Waals surface area contributed by atoms with Crippen LogP contribution in [0.25, 0.3) is 0 Å². The summed E-state index contributed by atoms with van der Waals surface area (Å²) in [5, 5.41) is 3.10. The summed E-state index contributed by atoms with van der Waals surface area (Å²) in [4.78, 5) is 1.70. The summed E-state index contributed by atoms with van der Waals surface area (Å²) >= 11 is 0. The Bertz CT molecular complexity index is 407. The number of nitrogens with zero attached hydrogens (tertiary/aromatic N) is 1. The molecule has 1 aliphatic heterocycles. The molecular weight excluding hydrogens is 276 g/mol. The number of benzene rings is 1. The number of nitrogens with one attached hydrogen (secondary N) is 1. The Hall–Kier alpha value is -1.34. The maximum Gasteiger partial charge on any atom is 0.387 e. The van der Waals surface area contributed by atoms with Gasteiger partial charge in [-0.15, -0.1) is 0 Å². The van der Waals surface area contributed by atoms with Crippen LogP contribution in [0.1, 0.15) is 11.6 Å². The molecule has 0 aliphatic carbocycles. The van der Waals surface area contributed by atoms with Crippen molar-refractivity contribution in [2.75, 3.05) is 26.2 Å². The predicted molar refractivity (Wildman–Crippen MR) is 66.3 cm³/mol. The summed E-state index contributed by atoms with van der Waals surface area (Å²) in [6.45, 7) is -0.528. The first kappa shape index (κ1) is 15.1. The molecule has 1 N–H and O–H groups in total. The number of piperazine rings is 1. The van der Waals surface area contributed by atoms with Gasteiger partial charge in [0.15, 0.2) is 0 Å². The van der Waals surface area contributed by atoms with Crippen LogP contribution in [0.4, 0.5) is 17.6 Å². The van der Waals surface area contributed by atoms with Gasteiger partial charge in [-0.2, -0.15) is 8.78 Å². The Labute approximate surface area is 114 Å². The van der Waals surface area contributed by atoms with Crippen LogP contribution in [0.15, 0.2) is 24.3 Å². The van der Waals surface area contributed by atoms with E-state index in [0.29, 0.717) is 31.7 Å². The molecule has 0 unspecified atom stereocenters. The van der Waals surface area contributed by atoms with Crippen molar-refractivity contribution >= 4 is 0 Å². The maximum atomic E-state index is 13.3. The topological polar surface area (TPSA) is 24.5 Å². The molecule has 1 heterocycles. The van der Waals surface area contributed by atoms with Crippen LogP contribution in [0, 0.1) is 0 Å². The van der Waals surface area contributed by atoms with Crippen molar-refractivity contribution in [3.8, 4) is 5.75 Å². The molecule has 0 amide bonds. The molecule has 1 aromatic rings. The minimum atomic E-state index is -2.92. The van der Waals surface area contributed by atoms with Crippen LogP contribution < -0.4 is 10.1 Å². The van der Waals surface area contributed by atoms with E-state index in [-0.39, 0.29) is 5.75 Å². The fraction of sp³-hybridized carbons (Fsp3) is 0.538. The van der Waals surface area contributed by atoms with E-state index in [1.54, 1.807) is 4.90 Å². The van der Waals surface area contributed by atoms with Crippen molar-refractivity contribution in [1.29, 1.82) is 0 Å². The van der Waals surface area contributed by atoms with Crippen molar-refractivity contribution in [2.24, 2.45) is 0 Å². The molecular formula is C13H16F4N2O. The lowest BCUT2D eigenvalue weighted by Gasteiger charge is -2.34. The van der Waals surface area contributed by atoms with Gasteiger partial charge >= 0.3 is 6.61 Å². The first-order chi connectivity index (χ1) is 9.58. The van der Waals surface area contributed by atoms with E-state index in [1.807, 2.05) is 0 Å². The van der Waals surface area contributed by atoms with Crippen molar-refractivity contribution in [3.63, 3.8) is 0 Å². The summed E-state index contributed by atoms with van der Waals surface area (Å²) in [5.41, 5.74) is 0.406. The van der Waals surface area contributed by atoms with Crippen LogP contribution in [-0.4, -0.2) is 44.1 Å². The first-order valence-corrected chi connectivity index (χ1v) is 6.35. The Morgan fingerprint density at radius 1 is 1.00 bits per heavy atom. The molecule has 1 aliphatic rings. The van der Waals surface area contributed by atoms with E-state index in [0.717, 1.165) is 0 Å². The molecule has 1 aromatic carbocycles. The highest BCUT2D eigenvalue weighted by Crippen LogP contribution is 2.29. The van der Waals surface area contributed by atoms with E-state index >= 15 is 0 Å². The number of halogens is 4. The fourth-order valence-electron chi connectivity index (χ4n) is 2.32. The Morgan fingerprint density at radius 2 is 1.60 bits per heavy atom. The Morgan fingerprint density at radius 3 is 2.10 bits per heavy atom. The third-order valence-electron chi connectivity index (χ3n) is 3.23. The molecule has 0 spiro atoms. The molecule has 7 heteroatoms. The van der Waals surface area contributed by atoms with Crippen molar-refractivity contribution in [2.45, 2.75) is 19.1 Å². The summed E-state index contributed by atoms with van der Waals surface area (Å²) in [7, 11) is 0. The lowest BCUT2D eigenvalue weighted by Crippen LogP contribution is -2.46. The van der Waals surface area contributed by atoms with E-state index in [4.69, 9.17) is 0 Å². The number of ether oxygens (including phenoxy) is 1. The Kier molecular flexibility index (Phi) is 5.19. The van der Waals surface area contributed by atoms with Crippen molar-refractivity contribution < 1.29 is 22.3 Å². The van der Waals surface area contributed by atoms with Gasteiger partial charge in [0.25, 0.3) is 6.43 Å². The predicted octanol–water partition coefficient (Wildman–Crippen LogP) is 2.50. The van der Waals surface area contributed by atoms with Gasteiger partial charge in [0.05, 0.1) is 6.04 Å². The van der Waals surface area contributed by atoms with Gasteiger partial charge in [-0.1, -0.05) is 12.1 Å². The normalized spacial score (nSPS) is 18.5. The molecule has 1 fully saturated rings. The zero-order valence-electron chi connectivity index (χ0n) is 10.7. The van der Waals surface area contributed by atoms with Gasteiger partial charge in [0, 0.05) is 26.2 Å². The molecule has 0 saturated carbocycles. The minimum Gasteiger partial charge on any atom is -0.435 e. The lowest BCUT2D eigenvalue weighted by molar-refractivity contribution is -0.0499. The molecule has 0 radical (unpaired) electrons. The fourth-order valence-corrected chi connectivity index (χ4v) is 2.32. The van der Waals surface area contributed by atoms with Gasteiger partial charge in [-0.3, -0.25) is 4.90 Å². The monoisotopic (exact) mass is 292 g/mol. The van der Waals surface area contributed by atoms with E-state index in [1.165, 1.54) is 24.3 Å². The van der Waals surface area contributed by atoms with Crippen LogP contribution in [-0.2, 0) is 0 Å². The molecule has 1 atom stereocenters. The molecule has 2 rings (SSSR count). The zero-order valence-corrected chi connectivity index (χ0v) is 10.7. The summed E-state index contributed by atoms with van der Waals surface area (Å²) in [5.74, 6) is -0.0305. The minimum absolute atomic E-state index is 0.0305. The quantitative estimate of drug-likeness (QED) is 0.844. The highest BCUT2D eigenvalue weighted by molar-refractivity contribution is 5.29. The number of rotatable bonds is 5. The molecule has 0 aromatic heterocycles. The second-order valence-corrected chi connectivity index (χ2v) is 4.51. The standard InChI is InChI=1S/C13H16F4N2O/c14-12(15)11(19-7-5-18-6-8-19)9-1-3-10(4-2-9)20-13(16)17/h1-4,11-13,18H,5-8H2/t11-/m0/s1. The second-order valence-electron chi connectivity index (χ2n) is 4.51. The van der Waals surface area contributed by atoms with E-state index in [9.17, 15) is 17.6 Å². The third kappa shape index (κ3) is 3.83. The smallest absolute Gasteiger partial charge is 0.387 e. The largest absolute Gasteiger partial charge is 0.435 e. The first-order valence-electron chi connectivity index (χ1n) is 6.35. The number of hydrogen-bond donors (Lipinski definition) is 1. The van der Waals surface area contributed by atoms with Gasteiger partial charge in [-0.25, -0.2) is 8.78 Å². The van der Waals surface area contributed by atoms with Crippen LogP contribution >= 0.6 is 0 Å². The molecule has 112 valence electrons. The van der Waals surface area contributed by atoms with Crippen molar-refractivity contribution in [3.05, 3.63) is 29.8 Å². The molecule has 1 saturated heterocycles. The highest BCUT2D eigenvalue weighted by atomic mass is 19.3. The van der Waals surface area contributed by atoms with Crippen LogP contribution in [0.2, 0.25) is 0 Å². The molecule has 3 nitrogen and oxygen atoms in total. The van der Waals surface area contributed by atoms with Gasteiger partial charge in [0.2, 0.25) is 0 Å². The van der Waals surface area contributed by atoms with Gasteiger partial charge in [0.1, 0.15) is 5.75 Å². The number of hydrogen-bond acceptors (Lipinski definition) is 3. The second kappa shape index (κ2) is 6.90. The lowest BCUT2D eigenvalue weighted by atomic mass is 10.0. The zero-order chi connectivity index (χ0) is 14.5. The summed E-state index contributed by atoms with van der Waals surface area (Å²) in [6, 6.07) is 4.39. The van der Waals surface area contributed by atoms with Crippen molar-refractivity contribution in [1.82, 2.24) is 10.2 Å². The maximum absolute atomic E-state index is 13.3. The van der Waals surface area contributed by atoms with E-state index < -0.39 is 19.1 Å². The Balaban J connectivity index is 2.12. The van der Waals surface area contributed by atoms with Crippen LogP contribution in [0.5, 0.6) is 5.75 Å². The average Bonchev–Trinajstić information content (AvgIpc) is 2.41. The van der Waals surface area contributed by atoms with Crippen LogP contribution in [0.3, 0.4) is 0 Å². The average molecular weight is 292 g/mol. The SMILES string of the molecule is FC(F)Oc1ccc([C@@H](C(F)F)N2CCNCC2)cc1. The summed E-state index contributed by atoms with van der Waals surface area (Å²) < 4.78 is 54.8. The third-order valence-corrected chi connectivity index (χ3v) is 3.23. The molecule has 20 heavy (non-hydrogen) atoms. The number of alkyl halides is 4. The highest BCUT2D eigenvalue weighted by Gasteiger charge is 2.30. The van der Waals surface area contributed by atoms with E-state index in [2.05, 4.69) is 10.1 Å².